The monoisotopic (exact) mass is 514 g/mol. The zero-order valence-corrected chi connectivity index (χ0v) is 23.0. The quantitative estimate of drug-likeness (QED) is 0.163. The number of hydrogen-bond donors (Lipinski definition) is 3. The standard InChI is InChI=1S/C30H46N2O5/c1-7-9-11-17-25(18-23-15-12-10-13-16-23)29(36)37-21-26(30(4,5)6)32-28(35)24(14-8-2)19-27(34)31-22(3)20-33/h7-8,10,12-13,15-16,22,24-26,33H,1-2,9,11,14,17-21H2,3-6H3,(H,31,34)(H,32,35)/t22-,24+,25-,26-/m1/s1. The second kappa shape index (κ2) is 16.7. The van der Waals surface area contributed by atoms with E-state index in [1.807, 2.05) is 57.2 Å². The van der Waals surface area contributed by atoms with Crippen LogP contribution in [-0.4, -0.2) is 48.2 Å². The van der Waals surface area contributed by atoms with E-state index in [1.165, 1.54) is 0 Å². The van der Waals surface area contributed by atoms with Crippen LogP contribution in [0.2, 0.25) is 0 Å². The van der Waals surface area contributed by atoms with Crippen LogP contribution in [-0.2, 0) is 25.5 Å². The largest absolute Gasteiger partial charge is 0.463 e. The van der Waals surface area contributed by atoms with E-state index in [2.05, 4.69) is 23.8 Å². The van der Waals surface area contributed by atoms with E-state index >= 15 is 0 Å². The van der Waals surface area contributed by atoms with E-state index in [1.54, 1.807) is 13.0 Å². The van der Waals surface area contributed by atoms with Gasteiger partial charge in [0, 0.05) is 12.5 Å². The zero-order valence-electron chi connectivity index (χ0n) is 23.0. The van der Waals surface area contributed by atoms with E-state index in [4.69, 9.17) is 9.84 Å². The molecular weight excluding hydrogens is 468 g/mol. The average Bonchev–Trinajstić information content (AvgIpc) is 2.85. The van der Waals surface area contributed by atoms with Crippen LogP contribution in [0.25, 0.3) is 0 Å². The SMILES string of the molecule is C=CCCC[C@H](Cc1ccccc1)C(=O)OC[C@@H](NC(=O)[C@@H](CC=C)CC(=O)N[C@H](C)CO)C(C)(C)C. The molecule has 0 unspecified atom stereocenters. The molecular formula is C30H46N2O5. The number of carbonyl (C=O) groups is 3. The molecule has 7 nitrogen and oxygen atoms in total. The number of allylic oxidation sites excluding steroid dienone is 2. The van der Waals surface area contributed by atoms with Gasteiger partial charge in [-0.05, 0) is 50.0 Å². The summed E-state index contributed by atoms with van der Waals surface area (Å²) in [7, 11) is 0. The van der Waals surface area contributed by atoms with Gasteiger partial charge in [0.05, 0.1) is 24.5 Å². The van der Waals surface area contributed by atoms with Gasteiger partial charge in [0.15, 0.2) is 0 Å². The van der Waals surface area contributed by atoms with Gasteiger partial charge in [0.1, 0.15) is 6.61 Å². The van der Waals surface area contributed by atoms with Crippen LogP contribution in [0.3, 0.4) is 0 Å². The fraction of sp³-hybridized carbons (Fsp3) is 0.567. The molecule has 2 amide bonds. The Morgan fingerprint density at radius 3 is 2.30 bits per heavy atom. The molecule has 0 saturated carbocycles. The van der Waals surface area contributed by atoms with Gasteiger partial charge in [-0.2, -0.15) is 0 Å². The molecule has 0 bridgehead atoms. The summed E-state index contributed by atoms with van der Waals surface area (Å²) in [6.07, 6.45) is 6.70. The van der Waals surface area contributed by atoms with E-state index < -0.39 is 18.0 Å². The summed E-state index contributed by atoms with van der Waals surface area (Å²) < 4.78 is 5.78. The molecule has 7 heteroatoms. The minimum Gasteiger partial charge on any atom is -0.463 e. The molecule has 0 radical (unpaired) electrons. The zero-order chi connectivity index (χ0) is 27.8. The molecule has 206 valence electrons. The lowest BCUT2D eigenvalue weighted by Gasteiger charge is -2.32. The Balaban J connectivity index is 2.88. The number of amides is 2. The first-order chi connectivity index (χ1) is 17.5. The van der Waals surface area contributed by atoms with Crippen molar-refractivity contribution in [3.63, 3.8) is 0 Å². The van der Waals surface area contributed by atoms with Crippen LogP contribution in [0.5, 0.6) is 0 Å². The maximum Gasteiger partial charge on any atom is 0.309 e. The van der Waals surface area contributed by atoms with Gasteiger partial charge >= 0.3 is 5.97 Å². The van der Waals surface area contributed by atoms with Crippen molar-refractivity contribution < 1.29 is 24.2 Å². The summed E-state index contributed by atoms with van der Waals surface area (Å²) in [6.45, 7) is 14.9. The smallest absolute Gasteiger partial charge is 0.309 e. The Hall–Kier alpha value is -2.93. The first-order valence-corrected chi connectivity index (χ1v) is 13.1. The first kappa shape index (κ1) is 32.1. The number of hydrogen-bond acceptors (Lipinski definition) is 5. The fourth-order valence-electron chi connectivity index (χ4n) is 3.88. The van der Waals surface area contributed by atoms with Crippen LogP contribution in [0, 0.1) is 17.3 Å². The molecule has 0 spiro atoms. The van der Waals surface area contributed by atoms with E-state index in [0.717, 1.165) is 18.4 Å². The van der Waals surface area contributed by atoms with Crippen LogP contribution in [0.4, 0.5) is 0 Å². The highest BCUT2D eigenvalue weighted by Gasteiger charge is 2.32. The minimum absolute atomic E-state index is 0.0265. The molecule has 0 heterocycles. The third-order valence-electron chi connectivity index (χ3n) is 6.31. The van der Waals surface area contributed by atoms with Crippen LogP contribution >= 0.6 is 0 Å². The predicted octanol–water partition coefficient (Wildman–Crippen LogP) is 4.36. The number of benzene rings is 1. The summed E-state index contributed by atoms with van der Waals surface area (Å²) in [6, 6.07) is 9.03. The van der Waals surface area contributed by atoms with Crippen LogP contribution in [0.1, 0.15) is 65.4 Å². The van der Waals surface area contributed by atoms with Crippen molar-refractivity contribution in [2.24, 2.45) is 17.3 Å². The van der Waals surface area contributed by atoms with Crippen molar-refractivity contribution in [1.29, 1.82) is 0 Å². The van der Waals surface area contributed by atoms with Crippen molar-refractivity contribution in [3.8, 4) is 0 Å². The molecule has 0 aliphatic carbocycles. The fourth-order valence-corrected chi connectivity index (χ4v) is 3.88. The highest BCUT2D eigenvalue weighted by Crippen LogP contribution is 2.23. The summed E-state index contributed by atoms with van der Waals surface area (Å²) in [5.41, 5.74) is 0.685. The summed E-state index contributed by atoms with van der Waals surface area (Å²) in [5.74, 6) is -1.80. The van der Waals surface area contributed by atoms with Gasteiger partial charge in [0.2, 0.25) is 11.8 Å². The van der Waals surface area contributed by atoms with Gasteiger partial charge in [-0.3, -0.25) is 14.4 Å². The number of aliphatic hydroxyl groups excluding tert-OH is 1. The second-order valence-electron chi connectivity index (χ2n) is 10.7. The molecule has 37 heavy (non-hydrogen) atoms. The average molecular weight is 515 g/mol. The number of unbranched alkanes of at least 4 members (excludes halogenated alkanes) is 1. The predicted molar refractivity (Wildman–Crippen MR) is 148 cm³/mol. The molecule has 3 N–H and O–H groups in total. The summed E-state index contributed by atoms with van der Waals surface area (Å²) in [5, 5.41) is 14.8. The lowest BCUT2D eigenvalue weighted by atomic mass is 9.86. The molecule has 1 aromatic rings. The van der Waals surface area contributed by atoms with Crippen molar-refractivity contribution in [2.45, 2.75) is 78.3 Å². The topological polar surface area (TPSA) is 105 Å². The molecule has 0 fully saturated rings. The van der Waals surface area contributed by atoms with Gasteiger partial charge in [-0.1, -0.05) is 63.3 Å². The number of carbonyl (C=O) groups excluding carboxylic acids is 3. The Morgan fingerprint density at radius 1 is 1.05 bits per heavy atom. The Bertz CT molecular complexity index is 862. The van der Waals surface area contributed by atoms with E-state index in [0.29, 0.717) is 19.3 Å². The third-order valence-corrected chi connectivity index (χ3v) is 6.31. The number of rotatable bonds is 17. The number of nitrogens with one attached hydrogen (secondary N) is 2. The summed E-state index contributed by atoms with van der Waals surface area (Å²) in [4.78, 5) is 38.6. The minimum atomic E-state index is -0.617. The lowest BCUT2D eigenvalue weighted by molar-refractivity contribution is -0.151. The third kappa shape index (κ3) is 12.7. The maximum atomic E-state index is 13.1. The number of esters is 1. The van der Waals surface area contributed by atoms with Gasteiger partial charge in [-0.25, -0.2) is 0 Å². The van der Waals surface area contributed by atoms with Crippen LogP contribution in [0.15, 0.2) is 55.6 Å². The van der Waals surface area contributed by atoms with Crippen LogP contribution < -0.4 is 10.6 Å². The molecule has 1 aromatic carbocycles. The Kier molecular flexibility index (Phi) is 14.5. The normalized spacial score (nSPS) is 14.5. The second-order valence-corrected chi connectivity index (χ2v) is 10.7. The number of ether oxygens (including phenoxy) is 1. The highest BCUT2D eigenvalue weighted by atomic mass is 16.5. The van der Waals surface area contributed by atoms with Crippen molar-refractivity contribution in [2.75, 3.05) is 13.2 Å². The summed E-state index contributed by atoms with van der Waals surface area (Å²) >= 11 is 0. The molecule has 0 aromatic heterocycles. The lowest BCUT2D eigenvalue weighted by Crippen LogP contribution is -2.50. The highest BCUT2D eigenvalue weighted by molar-refractivity contribution is 5.86. The molecule has 0 aliphatic rings. The van der Waals surface area contributed by atoms with E-state index in [-0.39, 0.29) is 48.8 Å². The molecule has 4 atom stereocenters. The van der Waals surface area contributed by atoms with Gasteiger partial charge < -0.3 is 20.5 Å². The van der Waals surface area contributed by atoms with Crippen molar-refractivity contribution in [1.82, 2.24) is 10.6 Å². The molecule has 0 saturated heterocycles. The Morgan fingerprint density at radius 2 is 1.73 bits per heavy atom. The first-order valence-electron chi connectivity index (χ1n) is 13.1. The molecule has 1 rings (SSSR count). The van der Waals surface area contributed by atoms with E-state index in [9.17, 15) is 14.4 Å². The molecule has 0 aliphatic heterocycles. The number of aliphatic hydroxyl groups is 1. The van der Waals surface area contributed by atoms with Gasteiger partial charge in [0.25, 0.3) is 0 Å². The Labute approximate surface area is 222 Å². The van der Waals surface area contributed by atoms with Gasteiger partial charge in [-0.15, -0.1) is 13.2 Å². The maximum absolute atomic E-state index is 13.1. The van der Waals surface area contributed by atoms with Crippen molar-refractivity contribution in [3.05, 3.63) is 61.2 Å². The van der Waals surface area contributed by atoms with Crippen molar-refractivity contribution >= 4 is 17.8 Å².